The van der Waals surface area contributed by atoms with Gasteiger partial charge >= 0.3 is 12.0 Å². The first kappa shape index (κ1) is 25.5. The van der Waals surface area contributed by atoms with Crippen LogP contribution in [0.2, 0.25) is 0 Å². The van der Waals surface area contributed by atoms with Crippen molar-refractivity contribution in [3.63, 3.8) is 0 Å². The highest BCUT2D eigenvalue weighted by molar-refractivity contribution is 8.03. The van der Waals surface area contributed by atoms with Crippen LogP contribution in [0.25, 0.3) is 0 Å². The third-order valence-corrected chi connectivity index (χ3v) is 8.23. The lowest BCUT2D eigenvalue weighted by molar-refractivity contribution is -0.138. The number of benzene rings is 1. The van der Waals surface area contributed by atoms with Gasteiger partial charge in [-0.1, -0.05) is 42.2 Å². The smallest absolute Gasteiger partial charge is 0.323 e. The maximum Gasteiger partial charge on any atom is 0.323 e. The Balaban J connectivity index is 1.63. The number of amides is 2. The molecule has 0 saturated heterocycles. The summed E-state index contributed by atoms with van der Waals surface area (Å²) in [6, 6.07) is 6.52. The van der Waals surface area contributed by atoms with Crippen LogP contribution in [-0.2, 0) is 11.2 Å². The molecule has 3 rings (SSSR count). The van der Waals surface area contributed by atoms with E-state index in [1.54, 1.807) is 32.2 Å². The standard InChI is InChI=1S/C24H32FN3O3S2/c1-16-6-12-19(13-7-16)28(14-4-5-17-8-10-18(25)11-9-17)23(31)27-22-26-15-20(32-22)33-24(2,3)21(29)30/h8-11,15-16,19H,4-7,12-14H2,1-3H3,(H,29,30)(H,26,27,31). The molecule has 0 unspecified atom stereocenters. The zero-order valence-corrected chi connectivity index (χ0v) is 21.0. The number of rotatable bonds is 9. The minimum absolute atomic E-state index is 0.169. The molecule has 0 atom stereocenters. The maximum atomic E-state index is 13.2. The van der Waals surface area contributed by atoms with Crippen molar-refractivity contribution < 1.29 is 19.1 Å². The van der Waals surface area contributed by atoms with E-state index < -0.39 is 10.7 Å². The predicted molar refractivity (Wildman–Crippen MR) is 132 cm³/mol. The van der Waals surface area contributed by atoms with Crippen molar-refractivity contribution >= 4 is 40.2 Å². The molecule has 33 heavy (non-hydrogen) atoms. The minimum atomic E-state index is -0.973. The number of halogens is 1. The molecule has 1 fully saturated rings. The van der Waals surface area contributed by atoms with E-state index in [0.717, 1.165) is 48.3 Å². The van der Waals surface area contributed by atoms with Crippen molar-refractivity contribution in [3.05, 3.63) is 41.8 Å². The van der Waals surface area contributed by atoms with Crippen LogP contribution >= 0.6 is 23.1 Å². The molecule has 2 aromatic rings. The van der Waals surface area contributed by atoms with E-state index in [9.17, 15) is 19.1 Å². The topological polar surface area (TPSA) is 82.5 Å². The van der Waals surface area contributed by atoms with Crippen LogP contribution in [0, 0.1) is 11.7 Å². The number of aliphatic carboxylic acids is 1. The molecular weight excluding hydrogens is 461 g/mol. The summed E-state index contributed by atoms with van der Waals surface area (Å²) in [4.78, 5) is 30.8. The Bertz CT molecular complexity index is 941. The van der Waals surface area contributed by atoms with E-state index in [4.69, 9.17) is 0 Å². The fourth-order valence-electron chi connectivity index (χ4n) is 3.93. The average molecular weight is 494 g/mol. The van der Waals surface area contributed by atoms with E-state index >= 15 is 0 Å². The second-order valence-electron chi connectivity index (χ2n) is 9.17. The summed E-state index contributed by atoms with van der Waals surface area (Å²) in [5.41, 5.74) is 1.05. The monoisotopic (exact) mass is 493 g/mol. The normalized spacial score (nSPS) is 18.7. The fraction of sp³-hybridized carbons (Fsp3) is 0.542. The van der Waals surface area contributed by atoms with Gasteiger partial charge in [0, 0.05) is 12.6 Å². The Kier molecular flexibility index (Phi) is 8.75. The lowest BCUT2D eigenvalue weighted by atomic mass is 9.86. The number of carbonyl (C=O) groups excluding carboxylic acids is 1. The van der Waals surface area contributed by atoms with Gasteiger partial charge in [0.25, 0.3) is 0 Å². The first-order chi connectivity index (χ1) is 15.6. The average Bonchev–Trinajstić information content (AvgIpc) is 3.19. The summed E-state index contributed by atoms with van der Waals surface area (Å²) in [5.74, 6) is -0.462. The zero-order chi connectivity index (χ0) is 24.0. The number of hydrogen-bond donors (Lipinski definition) is 2. The van der Waals surface area contributed by atoms with Gasteiger partial charge in [0.2, 0.25) is 0 Å². The van der Waals surface area contributed by atoms with Crippen molar-refractivity contribution in [2.45, 2.75) is 74.3 Å². The molecule has 2 amide bonds. The number of urea groups is 1. The summed E-state index contributed by atoms with van der Waals surface area (Å²) < 4.78 is 12.9. The van der Waals surface area contributed by atoms with Gasteiger partial charge < -0.3 is 10.0 Å². The summed E-state index contributed by atoms with van der Waals surface area (Å²) >= 11 is 2.50. The van der Waals surface area contributed by atoms with Gasteiger partial charge in [0.1, 0.15) is 10.6 Å². The molecule has 6 nitrogen and oxygen atoms in total. The number of nitrogens with one attached hydrogen (secondary N) is 1. The Hall–Kier alpha value is -2.13. The van der Waals surface area contributed by atoms with E-state index in [1.807, 2.05) is 4.90 Å². The maximum absolute atomic E-state index is 13.2. The van der Waals surface area contributed by atoms with Gasteiger partial charge in [-0.2, -0.15) is 0 Å². The van der Waals surface area contributed by atoms with Crippen molar-refractivity contribution in [2.24, 2.45) is 5.92 Å². The number of carbonyl (C=O) groups is 2. The van der Waals surface area contributed by atoms with Crippen LogP contribution in [0.15, 0.2) is 34.7 Å². The van der Waals surface area contributed by atoms with Crippen molar-refractivity contribution in [3.8, 4) is 0 Å². The second-order valence-corrected chi connectivity index (χ2v) is 12.1. The number of aromatic nitrogens is 1. The molecule has 9 heteroatoms. The zero-order valence-electron chi connectivity index (χ0n) is 19.3. The van der Waals surface area contributed by atoms with Crippen LogP contribution in [0.5, 0.6) is 0 Å². The van der Waals surface area contributed by atoms with Gasteiger partial charge in [0.15, 0.2) is 5.13 Å². The first-order valence-corrected chi connectivity index (χ1v) is 13.0. The minimum Gasteiger partial charge on any atom is -0.480 e. The Morgan fingerprint density at radius 3 is 2.55 bits per heavy atom. The Morgan fingerprint density at radius 1 is 1.24 bits per heavy atom. The molecule has 0 aliphatic heterocycles. The molecule has 0 spiro atoms. The highest BCUT2D eigenvalue weighted by Gasteiger charge is 2.30. The van der Waals surface area contributed by atoms with Gasteiger partial charge in [-0.05, 0) is 76.0 Å². The van der Waals surface area contributed by atoms with E-state index in [0.29, 0.717) is 17.6 Å². The number of carboxylic acids is 1. The molecule has 1 aliphatic carbocycles. The lowest BCUT2D eigenvalue weighted by Crippen LogP contribution is -2.45. The van der Waals surface area contributed by atoms with E-state index in [-0.39, 0.29) is 17.9 Å². The predicted octanol–water partition coefficient (Wildman–Crippen LogP) is 6.28. The van der Waals surface area contributed by atoms with Crippen LogP contribution in [0.4, 0.5) is 14.3 Å². The summed E-state index contributed by atoms with van der Waals surface area (Å²) in [7, 11) is 0. The lowest BCUT2D eigenvalue weighted by Gasteiger charge is -2.36. The molecule has 1 heterocycles. The summed E-state index contributed by atoms with van der Waals surface area (Å²) in [5, 5.41) is 12.7. The molecule has 1 aromatic carbocycles. The molecule has 2 N–H and O–H groups in total. The SMILES string of the molecule is CC1CCC(N(CCCc2ccc(F)cc2)C(=O)Nc2ncc(SC(C)(C)C(=O)O)s2)CC1. The highest BCUT2D eigenvalue weighted by Crippen LogP contribution is 2.37. The van der Waals surface area contributed by atoms with E-state index in [2.05, 4.69) is 17.2 Å². The Labute approximate surface area is 203 Å². The van der Waals surface area contributed by atoms with Crippen molar-refractivity contribution in [2.75, 3.05) is 11.9 Å². The number of aryl methyl sites for hydroxylation is 1. The number of carboxylic acid groups (broad SMARTS) is 1. The van der Waals surface area contributed by atoms with E-state index in [1.165, 1.54) is 35.2 Å². The molecule has 1 saturated carbocycles. The fourth-order valence-corrected chi connectivity index (χ4v) is 6.20. The number of hydrogen-bond acceptors (Lipinski definition) is 5. The van der Waals surface area contributed by atoms with Crippen LogP contribution < -0.4 is 5.32 Å². The largest absolute Gasteiger partial charge is 0.480 e. The molecule has 1 aliphatic rings. The van der Waals surface area contributed by atoms with Gasteiger partial charge in [0.05, 0.1) is 10.4 Å². The number of nitrogens with zero attached hydrogens (tertiary/aromatic N) is 2. The number of thioether (sulfide) groups is 1. The molecule has 0 radical (unpaired) electrons. The third kappa shape index (κ3) is 7.43. The molecule has 180 valence electrons. The molecule has 1 aromatic heterocycles. The summed E-state index contributed by atoms with van der Waals surface area (Å²) in [6.07, 6.45) is 7.35. The second kappa shape index (κ2) is 11.3. The molecular formula is C24H32FN3O3S2. The van der Waals surface area contributed by atoms with Gasteiger partial charge in [-0.25, -0.2) is 14.2 Å². The summed E-state index contributed by atoms with van der Waals surface area (Å²) in [6.45, 7) is 6.15. The number of thiazole rings is 1. The van der Waals surface area contributed by atoms with Crippen LogP contribution in [0.3, 0.4) is 0 Å². The van der Waals surface area contributed by atoms with Gasteiger partial charge in [-0.3, -0.25) is 10.1 Å². The van der Waals surface area contributed by atoms with Crippen LogP contribution in [0.1, 0.15) is 58.4 Å². The van der Waals surface area contributed by atoms with Gasteiger partial charge in [-0.15, -0.1) is 0 Å². The first-order valence-electron chi connectivity index (χ1n) is 11.3. The number of anilines is 1. The molecule has 0 bridgehead atoms. The quantitative estimate of drug-likeness (QED) is 0.402. The van der Waals surface area contributed by atoms with Crippen LogP contribution in [-0.4, -0.2) is 44.3 Å². The third-order valence-electron chi connectivity index (χ3n) is 6.03. The Morgan fingerprint density at radius 2 is 1.91 bits per heavy atom. The highest BCUT2D eigenvalue weighted by atomic mass is 32.2. The van der Waals surface area contributed by atoms with Crippen molar-refractivity contribution in [1.29, 1.82) is 0 Å². The van der Waals surface area contributed by atoms with Crippen molar-refractivity contribution in [1.82, 2.24) is 9.88 Å².